The largest absolute Gasteiger partial charge is 0.344 e. The second kappa shape index (κ2) is 4.50. The number of benzene rings is 1. The number of hydrogen-bond donors (Lipinski definition) is 1. The normalized spacial score (nSPS) is 10.1. The predicted octanol–water partition coefficient (Wildman–Crippen LogP) is 4.62. The first-order valence-electron chi connectivity index (χ1n) is 4.36. The Bertz CT molecular complexity index is 567. The minimum atomic E-state index is 0.333. The van der Waals surface area contributed by atoms with E-state index in [9.17, 15) is 0 Å². The van der Waals surface area contributed by atoms with Gasteiger partial charge in [-0.25, -0.2) is 0 Å². The van der Waals surface area contributed by atoms with Crippen molar-refractivity contribution in [3.63, 3.8) is 0 Å². The van der Waals surface area contributed by atoms with Gasteiger partial charge < -0.3 is 4.98 Å². The highest BCUT2D eigenvalue weighted by Gasteiger charge is 2.14. The molecule has 0 bridgehead atoms. The molecule has 0 aliphatic rings. The molecule has 1 N–H and O–H groups in total. The molecule has 0 atom stereocenters. The molecule has 1 heterocycles. The quantitative estimate of drug-likeness (QED) is 0.819. The maximum absolute atomic E-state index is 8.90. The van der Waals surface area contributed by atoms with Gasteiger partial charge in [-0.15, -0.1) is 0 Å². The van der Waals surface area contributed by atoms with Crippen LogP contribution in [0.15, 0.2) is 28.7 Å². The lowest BCUT2D eigenvalue weighted by Crippen LogP contribution is -1.77. The molecule has 0 aliphatic heterocycles. The van der Waals surface area contributed by atoms with Gasteiger partial charge in [0.2, 0.25) is 0 Å². The zero-order valence-electron chi connectivity index (χ0n) is 7.89. The Balaban J connectivity index is 2.58. The average molecular weight is 316 g/mol. The Morgan fingerprint density at radius 3 is 2.31 bits per heavy atom. The molecular formula is C11H5BrCl2N2. The summed E-state index contributed by atoms with van der Waals surface area (Å²) in [5.74, 6) is 0. The number of aromatic nitrogens is 1. The van der Waals surface area contributed by atoms with Crippen LogP contribution in [0.1, 0.15) is 5.56 Å². The first-order chi connectivity index (χ1) is 7.63. The van der Waals surface area contributed by atoms with Crippen molar-refractivity contribution in [2.45, 2.75) is 0 Å². The third-order valence-electron chi connectivity index (χ3n) is 2.14. The summed E-state index contributed by atoms with van der Waals surface area (Å²) in [7, 11) is 0. The Labute approximate surface area is 111 Å². The topological polar surface area (TPSA) is 39.6 Å². The molecule has 0 fully saturated rings. The third kappa shape index (κ3) is 1.97. The predicted molar refractivity (Wildman–Crippen MR) is 68.7 cm³/mol. The van der Waals surface area contributed by atoms with Crippen LogP contribution in [0.3, 0.4) is 0 Å². The summed E-state index contributed by atoms with van der Waals surface area (Å²) in [5.41, 5.74) is 2.10. The molecule has 1 aromatic carbocycles. The molecule has 0 amide bonds. The monoisotopic (exact) mass is 314 g/mol. The Morgan fingerprint density at radius 1 is 1.19 bits per heavy atom. The van der Waals surface area contributed by atoms with Crippen LogP contribution >= 0.6 is 39.1 Å². The first-order valence-corrected chi connectivity index (χ1v) is 5.91. The molecule has 2 nitrogen and oxygen atoms in total. The lowest BCUT2D eigenvalue weighted by Gasteiger charge is -1.99. The summed E-state index contributed by atoms with van der Waals surface area (Å²) >= 11 is 15.0. The standard InChI is InChI=1S/C11H5BrCl2N2/c12-9-8(5-15)11(14)16-10(9)6-1-3-7(13)4-2-6/h1-4,16H. The van der Waals surface area contributed by atoms with Gasteiger partial charge in [0.05, 0.1) is 10.2 Å². The number of nitriles is 1. The molecular weight excluding hydrogens is 311 g/mol. The molecule has 0 spiro atoms. The van der Waals surface area contributed by atoms with Crippen molar-refractivity contribution in [2.24, 2.45) is 0 Å². The maximum atomic E-state index is 8.90. The van der Waals surface area contributed by atoms with Crippen molar-refractivity contribution in [2.75, 3.05) is 0 Å². The van der Waals surface area contributed by atoms with Crippen LogP contribution in [0, 0.1) is 11.3 Å². The van der Waals surface area contributed by atoms with E-state index in [1.165, 1.54) is 0 Å². The van der Waals surface area contributed by atoms with E-state index in [0.29, 0.717) is 20.2 Å². The average Bonchev–Trinajstić information content (AvgIpc) is 2.55. The van der Waals surface area contributed by atoms with Crippen molar-refractivity contribution in [1.29, 1.82) is 5.26 Å². The van der Waals surface area contributed by atoms with Crippen LogP contribution in [-0.4, -0.2) is 4.98 Å². The molecule has 80 valence electrons. The van der Waals surface area contributed by atoms with Gasteiger partial charge in [-0.1, -0.05) is 35.3 Å². The maximum Gasteiger partial charge on any atom is 0.125 e. The van der Waals surface area contributed by atoms with Crippen LogP contribution in [-0.2, 0) is 0 Å². The van der Waals surface area contributed by atoms with E-state index >= 15 is 0 Å². The summed E-state index contributed by atoms with van der Waals surface area (Å²) < 4.78 is 0.669. The fourth-order valence-electron chi connectivity index (χ4n) is 1.36. The van der Waals surface area contributed by atoms with Crippen LogP contribution in [0.4, 0.5) is 0 Å². The van der Waals surface area contributed by atoms with Crippen LogP contribution in [0.5, 0.6) is 0 Å². The summed E-state index contributed by atoms with van der Waals surface area (Å²) in [6, 6.07) is 9.31. The van der Waals surface area contributed by atoms with Crippen molar-refractivity contribution < 1.29 is 0 Å². The highest BCUT2D eigenvalue weighted by Crippen LogP contribution is 2.34. The van der Waals surface area contributed by atoms with Gasteiger partial charge >= 0.3 is 0 Å². The highest BCUT2D eigenvalue weighted by atomic mass is 79.9. The van der Waals surface area contributed by atoms with Gasteiger partial charge in [-0.3, -0.25) is 0 Å². The summed E-state index contributed by atoms with van der Waals surface area (Å²) in [4.78, 5) is 2.95. The first kappa shape index (κ1) is 11.5. The molecule has 0 saturated carbocycles. The fraction of sp³-hybridized carbons (Fsp3) is 0. The van der Waals surface area contributed by atoms with Crippen molar-refractivity contribution in [3.05, 3.63) is 44.5 Å². The van der Waals surface area contributed by atoms with Gasteiger partial charge in [-0.05, 0) is 33.6 Å². The van der Waals surface area contributed by atoms with Crippen molar-refractivity contribution >= 4 is 39.1 Å². The van der Waals surface area contributed by atoms with E-state index < -0.39 is 0 Å². The Kier molecular flexibility index (Phi) is 3.25. The number of nitrogens with one attached hydrogen (secondary N) is 1. The lowest BCUT2D eigenvalue weighted by atomic mass is 10.1. The molecule has 2 rings (SSSR count). The van der Waals surface area contributed by atoms with Crippen LogP contribution < -0.4 is 0 Å². The molecule has 1 aromatic heterocycles. The smallest absolute Gasteiger partial charge is 0.125 e. The number of halogens is 3. The van der Waals surface area contributed by atoms with Gasteiger partial charge in [-0.2, -0.15) is 5.26 Å². The number of hydrogen-bond acceptors (Lipinski definition) is 1. The van der Waals surface area contributed by atoms with Crippen molar-refractivity contribution in [3.8, 4) is 17.3 Å². The molecule has 2 aromatic rings. The Morgan fingerprint density at radius 2 is 1.81 bits per heavy atom. The van der Waals surface area contributed by atoms with Gasteiger partial charge in [0.15, 0.2) is 0 Å². The molecule has 0 unspecified atom stereocenters. The Hall–Kier alpha value is -0.950. The molecule has 0 radical (unpaired) electrons. The van der Waals surface area contributed by atoms with E-state index in [2.05, 4.69) is 20.9 Å². The number of nitrogens with zero attached hydrogens (tertiary/aromatic N) is 1. The molecule has 0 saturated heterocycles. The zero-order valence-corrected chi connectivity index (χ0v) is 11.0. The number of aromatic amines is 1. The van der Waals surface area contributed by atoms with E-state index in [4.69, 9.17) is 28.5 Å². The number of rotatable bonds is 1. The van der Waals surface area contributed by atoms with E-state index in [1.54, 1.807) is 12.1 Å². The summed E-state index contributed by atoms with van der Waals surface area (Å²) in [6.45, 7) is 0. The van der Waals surface area contributed by atoms with Gasteiger partial charge in [0.1, 0.15) is 16.8 Å². The van der Waals surface area contributed by atoms with Gasteiger partial charge in [0.25, 0.3) is 0 Å². The van der Waals surface area contributed by atoms with Crippen LogP contribution in [0.2, 0.25) is 10.2 Å². The van der Waals surface area contributed by atoms with Crippen LogP contribution in [0.25, 0.3) is 11.3 Å². The lowest BCUT2D eigenvalue weighted by molar-refractivity contribution is 1.39. The second-order valence-electron chi connectivity index (χ2n) is 3.12. The SMILES string of the molecule is N#Cc1c(Cl)[nH]c(-c2ccc(Cl)cc2)c1Br. The zero-order chi connectivity index (χ0) is 11.7. The second-order valence-corrected chi connectivity index (χ2v) is 4.73. The molecule has 5 heteroatoms. The minimum Gasteiger partial charge on any atom is -0.344 e. The van der Waals surface area contributed by atoms with Gasteiger partial charge in [0, 0.05) is 5.02 Å². The van der Waals surface area contributed by atoms with E-state index in [-0.39, 0.29) is 0 Å². The van der Waals surface area contributed by atoms with E-state index in [1.807, 2.05) is 18.2 Å². The number of H-pyrrole nitrogens is 1. The van der Waals surface area contributed by atoms with Crippen molar-refractivity contribution in [1.82, 2.24) is 4.98 Å². The molecule has 0 aliphatic carbocycles. The summed E-state index contributed by atoms with van der Waals surface area (Å²) in [5, 5.41) is 9.90. The third-order valence-corrected chi connectivity index (χ3v) is 3.47. The highest BCUT2D eigenvalue weighted by molar-refractivity contribution is 9.10. The minimum absolute atomic E-state index is 0.333. The summed E-state index contributed by atoms with van der Waals surface area (Å²) in [6.07, 6.45) is 0. The molecule has 16 heavy (non-hydrogen) atoms. The fourth-order valence-corrected chi connectivity index (χ4v) is 2.45. The van der Waals surface area contributed by atoms with E-state index in [0.717, 1.165) is 11.3 Å².